The molecule has 2 amide bonds. The van der Waals surface area contributed by atoms with E-state index in [-0.39, 0.29) is 17.8 Å². The predicted octanol–water partition coefficient (Wildman–Crippen LogP) is 1.84. The highest BCUT2D eigenvalue weighted by molar-refractivity contribution is 5.90. The maximum Gasteiger partial charge on any atom is 0.321 e. The molecule has 104 valence electrons. The second kappa shape index (κ2) is 6.63. The van der Waals surface area contributed by atoms with E-state index in [1.54, 1.807) is 14.0 Å². The van der Waals surface area contributed by atoms with Gasteiger partial charge in [-0.15, -0.1) is 0 Å². The normalized spacial score (nSPS) is 12.9. The van der Waals surface area contributed by atoms with Gasteiger partial charge >= 0.3 is 6.03 Å². The van der Waals surface area contributed by atoms with Gasteiger partial charge in [0.05, 0.1) is 0 Å². The van der Waals surface area contributed by atoms with Crippen molar-refractivity contribution < 1.29 is 10.0 Å². The number of urea groups is 1. The highest BCUT2D eigenvalue weighted by atomic mass is 16.4. The first-order valence-electron chi connectivity index (χ1n) is 6.00. The molecule has 0 spiro atoms. The summed E-state index contributed by atoms with van der Waals surface area (Å²) in [5, 5.41) is 14.3. The fourth-order valence-electron chi connectivity index (χ4n) is 1.63. The summed E-state index contributed by atoms with van der Waals surface area (Å²) in [7, 11) is 1.66. The summed E-state index contributed by atoms with van der Waals surface area (Å²) in [6.45, 7) is 4.11. The SMILES string of the molecule is Cc1cccc(NC(=O)N(C)CC(C)C(N)=NO)c1. The number of nitrogens with two attached hydrogens (primary N) is 1. The number of nitrogens with zero attached hydrogens (tertiary/aromatic N) is 2. The number of hydrogen-bond acceptors (Lipinski definition) is 3. The number of amides is 2. The third kappa shape index (κ3) is 4.50. The van der Waals surface area contributed by atoms with Gasteiger partial charge in [0, 0.05) is 25.2 Å². The molecule has 0 aromatic heterocycles. The fourth-order valence-corrected chi connectivity index (χ4v) is 1.63. The number of amidine groups is 1. The summed E-state index contributed by atoms with van der Waals surface area (Å²) in [6.07, 6.45) is 0. The van der Waals surface area contributed by atoms with E-state index in [4.69, 9.17) is 10.9 Å². The number of carbonyl (C=O) groups is 1. The summed E-state index contributed by atoms with van der Waals surface area (Å²) < 4.78 is 0. The standard InChI is InChI=1S/C13H20N4O2/c1-9-5-4-6-11(7-9)15-13(18)17(3)8-10(2)12(14)16-19/h4-7,10,19H,8H2,1-3H3,(H2,14,16)(H,15,18). The molecular weight excluding hydrogens is 244 g/mol. The lowest BCUT2D eigenvalue weighted by atomic mass is 10.1. The van der Waals surface area contributed by atoms with E-state index in [2.05, 4.69) is 10.5 Å². The smallest absolute Gasteiger partial charge is 0.321 e. The molecule has 0 aliphatic heterocycles. The zero-order valence-electron chi connectivity index (χ0n) is 11.4. The summed E-state index contributed by atoms with van der Waals surface area (Å²) in [6, 6.07) is 7.32. The molecule has 0 bridgehead atoms. The Morgan fingerprint density at radius 2 is 2.26 bits per heavy atom. The molecule has 1 atom stereocenters. The minimum absolute atomic E-state index is 0.107. The first-order valence-corrected chi connectivity index (χ1v) is 6.00. The van der Waals surface area contributed by atoms with Gasteiger partial charge in [-0.1, -0.05) is 24.2 Å². The lowest BCUT2D eigenvalue weighted by Crippen LogP contribution is -2.38. The first kappa shape index (κ1) is 14.8. The molecule has 0 saturated carbocycles. The molecule has 4 N–H and O–H groups in total. The summed E-state index contributed by atoms with van der Waals surface area (Å²) in [5.74, 6) is -0.103. The Bertz CT molecular complexity index is 473. The van der Waals surface area contributed by atoms with Crippen molar-refractivity contribution in [1.82, 2.24) is 4.90 Å². The molecular formula is C13H20N4O2. The van der Waals surface area contributed by atoms with Gasteiger partial charge in [-0.25, -0.2) is 4.79 Å². The Kier molecular flexibility index (Phi) is 5.17. The largest absolute Gasteiger partial charge is 0.409 e. The van der Waals surface area contributed by atoms with Crippen molar-refractivity contribution in [2.24, 2.45) is 16.8 Å². The third-order valence-corrected chi connectivity index (χ3v) is 2.78. The number of rotatable bonds is 4. The van der Waals surface area contributed by atoms with Crippen molar-refractivity contribution in [1.29, 1.82) is 0 Å². The molecule has 19 heavy (non-hydrogen) atoms. The van der Waals surface area contributed by atoms with Gasteiger partial charge in [-0.2, -0.15) is 0 Å². The first-order chi connectivity index (χ1) is 8.93. The summed E-state index contributed by atoms with van der Waals surface area (Å²) in [4.78, 5) is 13.4. The van der Waals surface area contributed by atoms with Crippen LogP contribution >= 0.6 is 0 Å². The van der Waals surface area contributed by atoms with Crippen LogP contribution in [-0.4, -0.2) is 35.6 Å². The van der Waals surface area contributed by atoms with Crippen molar-refractivity contribution in [3.05, 3.63) is 29.8 Å². The zero-order valence-corrected chi connectivity index (χ0v) is 11.4. The van der Waals surface area contributed by atoms with Gasteiger partial charge in [-0.05, 0) is 24.6 Å². The monoisotopic (exact) mass is 264 g/mol. The minimum Gasteiger partial charge on any atom is -0.409 e. The van der Waals surface area contributed by atoms with E-state index in [0.29, 0.717) is 6.54 Å². The van der Waals surface area contributed by atoms with Gasteiger partial charge < -0.3 is 21.2 Å². The van der Waals surface area contributed by atoms with Crippen LogP contribution in [0.5, 0.6) is 0 Å². The average molecular weight is 264 g/mol. The van der Waals surface area contributed by atoms with Crippen LogP contribution in [0.15, 0.2) is 29.4 Å². The molecule has 1 aromatic carbocycles. The van der Waals surface area contributed by atoms with E-state index in [9.17, 15) is 4.79 Å². The van der Waals surface area contributed by atoms with Crippen LogP contribution in [0.1, 0.15) is 12.5 Å². The summed E-state index contributed by atoms with van der Waals surface area (Å²) in [5.41, 5.74) is 7.30. The molecule has 0 heterocycles. The quantitative estimate of drug-likeness (QED) is 0.335. The molecule has 1 aromatic rings. The second-order valence-corrected chi connectivity index (χ2v) is 4.61. The van der Waals surface area contributed by atoms with Crippen LogP contribution in [0.3, 0.4) is 0 Å². The lowest BCUT2D eigenvalue weighted by Gasteiger charge is -2.21. The Morgan fingerprint density at radius 1 is 1.58 bits per heavy atom. The van der Waals surface area contributed by atoms with Crippen LogP contribution in [0.25, 0.3) is 0 Å². The van der Waals surface area contributed by atoms with Crippen molar-refractivity contribution in [3.63, 3.8) is 0 Å². The molecule has 1 unspecified atom stereocenters. The molecule has 0 aliphatic carbocycles. The average Bonchev–Trinajstić information content (AvgIpc) is 2.37. The predicted molar refractivity (Wildman–Crippen MR) is 75.4 cm³/mol. The Balaban J connectivity index is 2.58. The molecule has 0 aliphatic rings. The molecule has 6 nitrogen and oxygen atoms in total. The minimum atomic E-state index is -0.233. The number of benzene rings is 1. The molecule has 0 fully saturated rings. The van der Waals surface area contributed by atoms with E-state index in [1.807, 2.05) is 31.2 Å². The molecule has 0 radical (unpaired) electrons. The molecule has 1 rings (SSSR count). The maximum absolute atomic E-state index is 11.9. The van der Waals surface area contributed by atoms with E-state index >= 15 is 0 Å². The van der Waals surface area contributed by atoms with Gasteiger partial charge in [-0.3, -0.25) is 0 Å². The number of nitrogens with one attached hydrogen (secondary N) is 1. The van der Waals surface area contributed by atoms with Crippen molar-refractivity contribution >= 4 is 17.6 Å². The number of oxime groups is 1. The van der Waals surface area contributed by atoms with Gasteiger partial charge in [0.15, 0.2) is 0 Å². The lowest BCUT2D eigenvalue weighted by molar-refractivity contribution is 0.219. The third-order valence-electron chi connectivity index (χ3n) is 2.78. The van der Waals surface area contributed by atoms with Crippen LogP contribution in [0.4, 0.5) is 10.5 Å². The topological polar surface area (TPSA) is 91.0 Å². The van der Waals surface area contributed by atoms with Crippen LogP contribution in [0.2, 0.25) is 0 Å². The van der Waals surface area contributed by atoms with Crippen molar-refractivity contribution in [3.8, 4) is 0 Å². The maximum atomic E-state index is 11.9. The number of carbonyl (C=O) groups excluding carboxylic acids is 1. The summed E-state index contributed by atoms with van der Waals surface area (Å²) >= 11 is 0. The number of aryl methyl sites for hydroxylation is 1. The Morgan fingerprint density at radius 3 is 2.84 bits per heavy atom. The van der Waals surface area contributed by atoms with E-state index in [0.717, 1.165) is 11.3 Å². The Labute approximate surface area is 112 Å². The van der Waals surface area contributed by atoms with Crippen LogP contribution in [0, 0.1) is 12.8 Å². The Hall–Kier alpha value is -2.24. The van der Waals surface area contributed by atoms with E-state index in [1.165, 1.54) is 4.90 Å². The fraction of sp³-hybridized carbons (Fsp3) is 0.385. The second-order valence-electron chi connectivity index (χ2n) is 4.61. The molecule has 0 saturated heterocycles. The van der Waals surface area contributed by atoms with Gasteiger partial charge in [0.1, 0.15) is 5.84 Å². The van der Waals surface area contributed by atoms with Gasteiger partial charge in [0.25, 0.3) is 0 Å². The van der Waals surface area contributed by atoms with Crippen LogP contribution in [-0.2, 0) is 0 Å². The van der Waals surface area contributed by atoms with Crippen molar-refractivity contribution in [2.45, 2.75) is 13.8 Å². The van der Waals surface area contributed by atoms with E-state index < -0.39 is 0 Å². The highest BCUT2D eigenvalue weighted by Gasteiger charge is 2.15. The number of anilines is 1. The number of hydrogen-bond donors (Lipinski definition) is 3. The highest BCUT2D eigenvalue weighted by Crippen LogP contribution is 2.10. The van der Waals surface area contributed by atoms with Gasteiger partial charge in [0.2, 0.25) is 0 Å². The molecule has 6 heteroatoms. The van der Waals surface area contributed by atoms with Crippen LogP contribution < -0.4 is 11.1 Å². The van der Waals surface area contributed by atoms with Crippen molar-refractivity contribution in [2.75, 3.05) is 18.9 Å². The zero-order chi connectivity index (χ0) is 14.4.